The summed E-state index contributed by atoms with van der Waals surface area (Å²) >= 11 is 0. The lowest BCUT2D eigenvalue weighted by Crippen LogP contribution is -2.40. The normalized spacial score (nSPS) is 17.7. The van der Waals surface area contributed by atoms with Crippen molar-refractivity contribution in [2.75, 3.05) is 17.5 Å². The van der Waals surface area contributed by atoms with E-state index in [2.05, 4.69) is 9.29 Å². The Morgan fingerprint density at radius 3 is 2.52 bits per heavy atom. The van der Waals surface area contributed by atoms with Gasteiger partial charge in [-0.05, 0) is 43.3 Å². The summed E-state index contributed by atoms with van der Waals surface area (Å²) in [5.74, 6) is -0.0455. The number of carbonyl (C=O) groups is 1. The fourth-order valence-electron chi connectivity index (χ4n) is 2.92. The second-order valence-electron chi connectivity index (χ2n) is 5.75. The summed E-state index contributed by atoms with van der Waals surface area (Å²) in [4.78, 5) is 14.6. The Morgan fingerprint density at radius 2 is 1.87 bits per heavy atom. The van der Waals surface area contributed by atoms with Crippen LogP contribution in [-0.4, -0.2) is 36.6 Å². The second-order valence-corrected chi connectivity index (χ2v) is 7.50. The molecule has 0 saturated heterocycles. The van der Waals surface area contributed by atoms with E-state index >= 15 is 0 Å². The molecule has 1 aromatic carbocycles. The van der Waals surface area contributed by atoms with Crippen LogP contribution in [0, 0.1) is 0 Å². The van der Waals surface area contributed by atoms with Crippen molar-refractivity contribution in [1.29, 1.82) is 0 Å². The van der Waals surface area contributed by atoms with Crippen LogP contribution in [0.25, 0.3) is 0 Å². The number of nitrogens with one attached hydrogen (secondary N) is 1. The molecule has 0 bridgehead atoms. The van der Waals surface area contributed by atoms with Crippen LogP contribution in [0.4, 0.5) is 5.69 Å². The van der Waals surface area contributed by atoms with Gasteiger partial charge in [-0.1, -0.05) is 0 Å². The van der Waals surface area contributed by atoms with Gasteiger partial charge in [-0.15, -0.1) is 0 Å². The first-order valence-corrected chi connectivity index (χ1v) is 9.28. The van der Waals surface area contributed by atoms with Crippen LogP contribution in [0.1, 0.15) is 29.0 Å². The number of hydrogen-bond acceptors (Lipinski definition) is 3. The van der Waals surface area contributed by atoms with Crippen molar-refractivity contribution in [1.82, 2.24) is 9.47 Å². The topological polar surface area (TPSA) is 71.4 Å². The van der Waals surface area contributed by atoms with Crippen molar-refractivity contribution in [2.24, 2.45) is 0 Å². The number of carbonyl (C=O) groups excluding carboxylic acids is 1. The number of anilines is 1. The summed E-state index contributed by atoms with van der Waals surface area (Å²) in [7, 11) is -3.31. The minimum Gasteiger partial charge on any atom is -0.348 e. The standard InChI is InChI=1S/C16H19N3O3S/c1-12-15-4-3-9-18(15)10-11-19(12)16(20)13-5-7-14(8-6-13)17-23(2,21)22/h3-9,12,17H,10-11H2,1-2H3. The second kappa shape index (κ2) is 5.73. The predicted molar refractivity (Wildman–Crippen MR) is 88.8 cm³/mol. The van der Waals surface area contributed by atoms with Crippen LogP contribution >= 0.6 is 0 Å². The minimum absolute atomic E-state index is 0.0140. The number of amides is 1. The van der Waals surface area contributed by atoms with Gasteiger partial charge in [0, 0.05) is 36.2 Å². The van der Waals surface area contributed by atoms with Crippen molar-refractivity contribution in [3.8, 4) is 0 Å². The van der Waals surface area contributed by atoms with Crippen LogP contribution in [0.15, 0.2) is 42.6 Å². The molecule has 0 spiro atoms. The highest BCUT2D eigenvalue weighted by Crippen LogP contribution is 2.27. The lowest BCUT2D eigenvalue weighted by molar-refractivity contribution is 0.0644. The van der Waals surface area contributed by atoms with Crippen LogP contribution < -0.4 is 4.72 Å². The first-order valence-electron chi connectivity index (χ1n) is 7.39. The molecule has 1 aromatic heterocycles. The summed E-state index contributed by atoms with van der Waals surface area (Å²) in [5.41, 5.74) is 2.13. The zero-order chi connectivity index (χ0) is 16.6. The molecular formula is C16H19N3O3S. The first kappa shape index (κ1) is 15.6. The molecule has 1 aliphatic heterocycles. The van der Waals surface area contributed by atoms with Crippen LogP contribution in [-0.2, 0) is 16.6 Å². The number of nitrogens with zero attached hydrogens (tertiary/aromatic N) is 2. The number of hydrogen-bond donors (Lipinski definition) is 1. The zero-order valence-electron chi connectivity index (χ0n) is 13.1. The van der Waals surface area contributed by atoms with Crippen molar-refractivity contribution >= 4 is 21.6 Å². The summed E-state index contributed by atoms with van der Waals surface area (Å²) in [6.45, 7) is 3.46. The molecule has 2 heterocycles. The lowest BCUT2D eigenvalue weighted by Gasteiger charge is -2.35. The van der Waals surface area contributed by atoms with E-state index in [0.717, 1.165) is 18.5 Å². The molecule has 0 radical (unpaired) electrons. The van der Waals surface area contributed by atoms with E-state index in [1.165, 1.54) is 0 Å². The number of benzene rings is 1. The van der Waals surface area contributed by atoms with Crippen molar-refractivity contribution in [2.45, 2.75) is 19.5 Å². The SMILES string of the molecule is CC1c2cccn2CCN1C(=O)c1ccc(NS(C)(=O)=O)cc1. The molecule has 1 aliphatic rings. The predicted octanol–water partition coefficient (Wildman–Crippen LogP) is 2.08. The Kier molecular flexibility index (Phi) is 3.89. The molecule has 122 valence electrons. The van der Waals surface area contributed by atoms with Crippen LogP contribution in [0.2, 0.25) is 0 Å². The molecule has 1 N–H and O–H groups in total. The third kappa shape index (κ3) is 3.24. The number of aromatic nitrogens is 1. The summed E-state index contributed by atoms with van der Waals surface area (Å²) in [5, 5.41) is 0. The Balaban J connectivity index is 1.79. The average Bonchev–Trinajstić information content (AvgIpc) is 2.95. The molecule has 6 nitrogen and oxygen atoms in total. The number of rotatable bonds is 3. The molecule has 0 aliphatic carbocycles. The molecule has 1 atom stereocenters. The van der Waals surface area contributed by atoms with Crippen molar-refractivity contribution in [3.05, 3.63) is 53.9 Å². The molecule has 3 rings (SSSR count). The zero-order valence-corrected chi connectivity index (χ0v) is 13.9. The van der Waals surface area contributed by atoms with Gasteiger partial charge in [-0.2, -0.15) is 0 Å². The quantitative estimate of drug-likeness (QED) is 0.935. The van der Waals surface area contributed by atoms with Crippen molar-refractivity contribution < 1.29 is 13.2 Å². The maximum Gasteiger partial charge on any atom is 0.254 e. The van der Waals surface area contributed by atoms with Gasteiger partial charge in [0.2, 0.25) is 10.0 Å². The molecule has 23 heavy (non-hydrogen) atoms. The molecular weight excluding hydrogens is 314 g/mol. The maximum absolute atomic E-state index is 12.7. The fourth-order valence-corrected chi connectivity index (χ4v) is 3.48. The monoisotopic (exact) mass is 333 g/mol. The Hall–Kier alpha value is -2.28. The molecule has 7 heteroatoms. The van der Waals surface area contributed by atoms with Gasteiger partial charge in [0.05, 0.1) is 12.3 Å². The number of fused-ring (bicyclic) bond motifs is 1. The molecule has 1 unspecified atom stereocenters. The van der Waals surface area contributed by atoms with E-state index in [1.54, 1.807) is 24.3 Å². The van der Waals surface area contributed by atoms with Gasteiger partial charge in [-0.3, -0.25) is 9.52 Å². The van der Waals surface area contributed by atoms with Gasteiger partial charge >= 0.3 is 0 Å². The third-order valence-electron chi connectivity index (χ3n) is 4.04. The summed E-state index contributed by atoms with van der Waals surface area (Å²) in [6.07, 6.45) is 3.12. The van der Waals surface area contributed by atoms with E-state index < -0.39 is 10.0 Å². The molecule has 0 fully saturated rings. The Labute approximate surface area is 135 Å². The van der Waals surface area contributed by atoms with Gasteiger partial charge in [0.1, 0.15) is 0 Å². The average molecular weight is 333 g/mol. The molecule has 1 amide bonds. The van der Waals surface area contributed by atoms with Gasteiger partial charge < -0.3 is 9.47 Å². The lowest BCUT2D eigenvalue weighted by atomic mass is 10.1. The van der Waals surface area contributed by atoms with E-state index in [1.807, 2.05) is 30.2 Å². The Bertz CT molecular complexity index is 825. The molecule has 0 saturated carbocycles. The maximum atomic E-state index is 12.7. The van der Waals surface area contributed by atoms with E-state index in [-0.39, 0.29) is 11.9 Å². The van der Waals surface area contributed by atoms with Crippen LogP contribution in [0.3, 0.4) is 0 Å². The van der Waals surface area contributed by atoms with Crippen molar-refractivity contribution in [3.63, 3.8) is 0 Å². The van der Waals surface area contributed by atoms with E-state index in [0.29, 0.717) is 17.8 Å². The van der Waals surface area contributed by atoms with Gasteiger partial charge in [0.25, 0.3) is 5.91 Å². The summed E-state index contributed by atoms with van der Waals surface area (Å²) in [6, 6.07) is 10.5. The first-order chi connectivity index (χ1) is 10.8. The smallest absolute Gasteiger partial charge is 0.254 e. The van der Waals surface area contributed by atoms with E-state index in [9.17, 15) is 13.2 Å². The van der Waals surface area contributed by atoms with Gasteiger partial charge in [-0.25, -0.2) is 8.42 Å². The highest BCUT2D eigenvalue weighted by Gasteiger charge is 2.27. The van der Waals surface area contributed by atoms with Crippen LogP contribution in [0.5, 0.6) is 0 Å². The number of sulfonamides is 1. The molecule has 2 aromatic rings. The fraction of sp³-hybridized carbons (Fsp3) is 0.312. The highest BCUT2D eigenvalue weighted by atomic mass is 32.2. The third-order valence-corrected chi connectivity index (χ3v) is 4.64. The minimum atomic E-state index is -3.31. The highest BCUT2D eigenvalue weighted by molar-refractivity contribution is 7.92. The Morgan fingerprint density at radius 1 is 1.17 bits per heavy atom. The summed E-state index contributed by atoms with van der Waals surface area (Å²) < 4.78 is 27.0. The van der Waals surface area contributed by atoms with Gasteiger partial charge in [0.15, 0.2) is 0 Å². The largest absolute Gasteiger partial charge is 0.348 e. The van der Waals surface area contributed by atoms with E-state index in [4.69, 9.17) is 0 Å².